The maximum absolute atomic E-state index is 13.4. The Balaban J connectivity index is 1.88. The Hall–Kier alpha value is -1.00. The average molecular weight is 241 g/mol. The van der Waals surface area contributed by atoms with Crippen LogP contribution < -0.4 is 5.32 Å². The second kappa shape index (κ2) is 5.10. The van der Waals surface area contributed by atoms with Gasteiger partial charge in [0.25, 0.3) is 0 Å². The summed E-state index contributed by atoms with van der Waals surface area (Å²) in [7, 11) is 1.70. The fraction of sp³-hybridized carbons (Fsp3) is 0.538. The lowest BCUT2D eigenvalue weighted by atomic mass is 9.80. The van der Waals surface area contributed by atoms with Crippen LogP contribution in [0.4, 0.5) is 8.78 Å². The van der Waals surface area contributed by atoms with Crippen LogP contribution in [0, 0.1) is 11.6 Å². The van der Waals surface area contributed by atoms with Gasteiger partial charge in [-0.3, -0.25) is 0 Å². The lowest BCUT2D eigenvalue weighted by Crippen LogP contribution is -2.47. The first-order valence-corrected chi connectivity index (χ1v) is 5.86. The molecule has 1 N–H and O–H groups in total. The lowest BCUT2D eigenvalue weighted by Gasteiger charge is -2.40. The maximum Gasteiger partial charge on any atom is 0.163 e. The molecule has 0 heterocycles. The van der Waals surface area contributed by atoms with Gasteiger partial charge >= 0.3 is 0 Å². The third-order valence-corrected chi connectivity index (χ3v) is 3.49. The zero-order valence-electron chi connectivity index (χ0n) is 9.93. The van der Waals surface area contributed by atoms with E-state index in [2.05, 4.69) is 5.32 Å². The smallest absolute Gasteiger partial charge is 0.163 e. The molecule has 2 nitrogen and oxygen atoms in total. The van der Waals surface area contributed by atoms with Crippen molar-refractivity contribution in [2.45, 2.75) is 31.4 Å². The first-order valence-electron chi connectivity index (χ1n) is 5.86. The van der Waals surface area contributed by atoms with Gasteiger partial charge in [0.2, 0.25) is 0 Å². The molecule has 1 aromatic rings. The Labute approximate surface area is 100.0 Å². The molecule has 0 spiro atoms. The Morgan fingerprint density at radius 2 is 2.12 bits per heavy atom. The van der Waals surface area contributed by atoms with Crippen LogP contribution in [0.15, 0.2) is 18.2 Å². The van der Waals surface area contributed by atoms with Crippen LogP contribution in [-0.4, -0.2) is 19.3 Å². The van der Waals surface area contributed by atoms with E-state index in [4.69, 9.17) is 4.74 Å². The van der Waals surface area contributed by atoms with Crippen molar-refractivity contribution in [3.63, 3.8) is 0 Å². The number of hydrogen-bond acceptors (Lipinski definition) is 2. The van der Waals surface area contributed by atoms with E-state index in [1.165, 1.54) is 12.5 Å². The molecule has 1 aromatic carbocycles. The van der Waals surface area contributed by atoms with Gasteiger partial charge in [0.1, 0.15) is 0 Å². The summed E-state index contributed by atoms with van der Waals surface area (Å²) in [6.45, 7) is 1.01. The van der Waals surface area contributed by atoms with E-state index in [9.17, 15) is 8.78 Å². The van der Waals surface area contributed by atoms with Gasteiger partial charge in [-0.15, -0.1) is 0 Å². The van der Waals surface area contributed by atoms with E-state index in [1.807, 2.05) is 0 Å². The maximum atomic E-state index is 13.4. The summed E-state index contributed by atoms with van der Waals surface area (Å²) in [5, 5.41) is 3.13. The standard InChI is InChI=1S/C13H17F2NO/c1-17-13(6-3-7-13)9-16-8-10-4-2-5-11(14)12(10)15/h2,4-5,16H,3,6-9H2,1H3. The Kier molecular flexibility index (Phi) is 3.74. The van der Waals surface area contributed by atoms with E-state index in [1.54, 1.807) is 13.2 Å². The molecule has 0 amide bonds. The average Bonchev–Trinajstić information content (AvgIpc) is 2.28. The van der Waals surface area contributed by atoms with Crippen LogP contribution >= 0.6 is 0 Å². The minimum Gasteiger partial charge on any atom is -0.377 e. The normalized spacial score (nSPS) is 17.8. The molecule has 0 saturated heterocycles. The molecule has 1 fully saturated rings. The minimum absolute atomic E-state index is 0.0935. The van der Waals surface area contributed by atoms with Gasteiger partial charge < -0.3 is 10.1 Å². The van der Waals surface area contributed by atoms with Crippen LogP contribution in [0.1, 0.15) is 24.8 Å². The molecular formula is C13H17F2NO. The molecule has 1 aliphatic carbocycles. The van der Waals surface area contributed by atoms with Crippen molar-refractivity contribution in [3.05, 3.63) is 35.4 Å². The SMILES string of the molecule is COC1(CNCc2cccc(F)c2F)CCC1. The number of ether oxygens (including phenoxy) is 1. The number of methoxy groups -OCH3 is 1. The summed E-state index contributed by atoms with van der Waals surface area (Å²) >= 11 is 0. The van der Waals surface area contributed by atoms with Crippen molar-refractivity contribution in [3.8, 4) is 0 Å². The van der Waals surface area contributed by atoms with E-state index >= 15 is 0 Å². The van der Waals surface area contributed by atoms with Crippen LogP contribution in [0.2, 0.25) is 0 Å². The molecule has 1 saturated carbocycles. The molecule has 0 aliphatic heterocycles. The van der Waals surface area contributed by atoms with Gasteiger partial charge in [0, 0.05) is 25.8 Å². The Morgan fingerprint density at radius 1 is 1.35 bits per heavy atom. The molecular weight excluding hydrogens is 224 g/mol. The lowest BCUT2D eigenvalue weighted by molar-refractivity contribution is -0.0695. The topological polar surface area (TPSA) is 21.3 Å². The first kappa shape index (κ1) is 12.5. The molecule has 94 valence electrons. The third-order valence-electron chi connectivity index (χ3n) is 3.49. The van der Waals surface area contributed by atoms with Gasteiger partial charge in [0.15, 0.2) is 11.6 Å². The zero-order valence-corrected chi connectivity index (χ0v) is 9.93. The zero-order chi connectivity index (χ0) is 12.3. The fourth-order valence-electron chi connectivity index (χ4n) is 2.13. The molecule has 0 aromatic heterocycles. The van der Waals surface area contributed by atoms with E-state index in [0.717, 1.165) is 18.9 Å². The summed E-state index contributed by atoms with van der Waals surface area (Å²) in [4.78, 5) is 0. The van der Waals surface area contributed by atoms with Gasteiger partial charge in [-0.25, -0.2) is 8.78 Å². The summed E-state index contributed by atoms with van der Waals surface area (Å²) in [5.74, 6) is -1.56. The summed E-state index contributed by atoms with van der Waals surface area (Å²) < 4.78 is 31.7. The van der Waals surface area contributed by atoms with Crippen molar-refractivity contribution in [1.29, 1.82) is 0 Å². The largest absolute Gasteiger partial charge is 0.377 e. The van der Waals surface area contributed by atoms with E-state index < -0.39 is 11.6 Å². The van der Waals surface area contributed by atoms with Crippen molar-refractivity contribution in [2.24, 2.45) is 0 Å². The highest BCUT2D eigenvalue weighted by Gasteiger charge is 2.36. The van der Waals surface area contributed by atoms with Gasteiger partial charge in [0.05, 0.1) is 5.60 Å². The summed E-state index contributed by atoms with van der Waals surface area (Å²) in [6, 6.07) is 4.23. The monoisotopic (exact) mass is 241 g/mol. The second-order valence-electron chi connectivity index (χ2n) is 4.56. The van der Waals surface area contributed by atoms with Crippen molar-refractivity contribution >= 4 is 0 Å². The van der Waals surface area contributed by atoms with Crippen molar-refractivity contribution in [1.82, 2.24) is 5.32 Å². The predicted molar refractivity (Wildman–Crippen MR) is 61.7 cm³/mol. The third kappa shape index (κ3) is 2.64. The number of rotatable bonds is 5. The molecule has 17 heavy (non-hydrogen) atoms. The second-order valence-corrected chi connectivity index (χ2v) is 4.56. The number of halogens is 2. The van der Waals surface area contributed by atoms with Gasteiger partial charge in [-0.1, -0.05) is 12.1 Å². The number of hydrogen-bond donors (Lipinski definition) is 1. The summed E-state index contributed by atoms with van der Waals surface area (Å²) in [6.07, 6.45) is 3.23. The molecule has 0 atom stereocenters. The highest BCUT2D eigenvalue weighted by Crippen LogP contribution is 2.34. The van der Waals surface area contributed by atoms with Crippen LogP contribution in [0.5, 0.6) is 0 Å². The van der Waals surface area contributed by atoms with Gasteiger partial charge in [-0.05, 0) is 25.3 Å². The molecule has 1 aliphatic rings. The molecule has 0 bridgehead atoms. The van der Waals surface area contributed by atoms with Crippen molar-refractivity contribution < 1.29 is 13.5 Å². The molecule has 0 radical (unpaired) electrons. The summed E-state index contributed by atoms with van der Waals surface area (Å²) in [5.41, 5.74) is 0.264. The molecule has 2 rings (SSSR count). The fourth-order valence-corrected chi connectivity index (χ4v) is 2.13. The minimum atomic E-state index is -0.797. The number of benzene rings is 1. The quantitative estimate of drug-likeness (QED) is 0.855. The molecule has 4 heteroatoms. The van der Waals surface area contributed by atoms with Crippen molar-refractivity contribution in [2.75, 3.05) is 13.7 Å². The van der Waals surface area contributed by atoms with Gasteiger partial charge in [-0.2, -0.15) is 0 Å². The van der Waals surface area contributed by atoms with Crippen LogP contribution in [-0.2, 0) is 11.3 Å². The molecule has 0 unspecified atom stereocenters. The van der Waals surface area contributed by atoms with E-state index in [0.29, 0.717) is 18.7 Å². The Bertz CT molecular complexity index is 385. The van der Waals surface area contributed by atoms with E-state index in [-0.39, 0.29) is 5.60 Å². The predicted octanol–water partition coefficient (Wildman–Crippen LogP) is 2.62. The number of nitrogens with one attached hydrogen (secondary N) is 1. The van der Waals surface area contributed by atoms with Crippen LogP contribution in [0.25, 0.3) is 0 Å². The highest BCUT2D eigenvalue weighted by molar-refractivity contribution is 5.18. The highest BCUT2D eigenvalue weighted by atomic mass is 19.2. The first-order chi connectivity index (χ1) is 8.17. The van der Waals surface area contributed by atoms with Crippen LogP contribution in [0.3, 0.4) is 0 Å². The Morgan fingerprint density at radius 3 is 2.71 bits per heavy atom.